The molecule has 20 heavy (non-hydrogen) atoms. The Labute approximate surface area is 124 Å². The zero-order valence-corrected chi connectivity index (χ0v) is 13.1. The summed E-state index contributed by atoms with van der Waals surface area (Å²) in [6.07, 6.45) is 1.63. The van der Waals surface area contributed by atoms with Crippen LogP contribution in [-0.2, 0) is 10.3 Å². The first-order valence-corrected chi connectivity index (χ1v) is 7.12. The van der Waals surface area contributed by atoms with Gasteiger partial charge in [0.1, 0.15) is 5.60 Å². The summed E-state index contributed by atoms with van der Waals surface area (Å²) in [5, 5.41) is 6.71. The van der Waals surface area contributed by atoms with Crippen molar-refractivity contribution in [3.05, 3.63) is 28.8 Å². The van der Waals surface area contributed by atoms with E-state index in [1.165, 1.54) is 0 Å². The fourth-order valence-corrected chi connectivity index (χ4v) is 2.40. The van der Waals surface area contributed by atoms with Gasteiger partial charge in [0.25, 0.3) is 0 Å². The normalized spacial score (nSPS) is 16.6. The molecule has 5 heteroatoms. The fourth-order valence-electron chi connectivity index (χ4n) is 2.23. The number of carbonyl (C=O) groups excluding carboxylic acids is 1. The Balaban J connectivity index is 2.23. The molecule has 1 amide bonds. The molecule has 0 atom stereocenters. The van der Waals surface area contributed by atoms with Crippen molar-refractivity contribution < 1.29 is 9.53 Å². The van der Waals surface area contributed by atoms with Crippen molar-refractivity contribution in [3.63, 3.8) is 0 Å². The highest BCUT2D eigenvalue weighted by Gasteiger charge is 2.44. The second-order valence-electron chi connectivity index (χ2n) is 6.15. The quantitative estimate of drug-likeness (QED) is 0.889. The van der Waals surface area contributed by atoms with Gasteiger partial charge in [-0.1, -0.05) is 17.7 Å². The summed E-state index contributed by atoms with van der Waals surface area (Å²) in [4.78, 5) is 11.9. The van der Waals surface area contributed by atoms with Gasteiger partial charge >= 0.3 is 6.09 Å². The van der Waals surface area contributed by atoms with Gasteiger partial charge in [-0.25, -0.2) is 4.79 Å². The van der Waals surface area contributed by atoms with E-state index in [0.717, 1.165) is 18.4 Å². The maximum Gasteiger partial charge on any atom is 0.412 e. The highest BCUT2D eigenvalue weighted by Crippen LogP contribution is 2.48. The number of anilines is 1. The first-order valence-electron chi connectivity index (χ1n) is 6.75. The van der Waals surface area contributed by atoms with Gasteiger partial charge in [-0.2, -0.15) is 0 Å². The molecular weight excluding hydrogens is 276 g/mol. The summed E-state index contributed by atoms with van der Waals surface area (Å²) >= 11 is 6.03. The smallest absolute Gasteiger partial charge is 0.412 e. The lowest BCUT2D eigenvalue weighted by Crippen LogP contribution is -2.30. The van der Waals surface area contributed by atoms with Crippen LogP contribution in [0.3, 0.4) is 0 Å². The molecule has 1 aliphatic carbocycles. The van der Waals surface area contributed by atoms with Crippen molar-refractivity contribution in [1.29, 1.82) is 0 Å². The van der Waals surface area contributed by atoms with Crippen LogP contribution in [0.15, 0.2) is 18.2 Å². The minimum absolute atomic E-state index is 0.0467. The molecule has 1 aliphatic rings. The lowest BCUT2D eigenvalue weighted by molar-refractivity contribution is 0.0635. The van der Waals surface area contributed by atoms with Crippen LogP contribution >= 0.6 is 11.6 Å². The number of amides is 1. The number of carbonyl (C=O) groups is 1. The van der Waals surface area contributed by atoms with Crippen LogP contribution in [-0.4, -0.2) is 18.7 Å². The highest BCUT2D eigenvalue weighted by atomic mass is 35.5. The molecule has 0 aromatic heterocycles. The van der Waals surface area contributed by atoms with Crippen LogP contribution < -0.4 is 10.6 Å². The van der Waals surface area contributed by atoms with Crippen molar-refractivity contribution in [2.75, 3.05) is 12.4 Å². The Morgan fingerprint density at radius 1 is 1.35 bits per heavy atom. The Bertz CT molecular complexity index is 519. The van der Waals surface area contributed by atoms with Crippen LogP contribution in [0.5, 0.6) is 0 Å². The average molecular weight is 297 g/mol. The summed E-state index contributed by atoms with van der Waals surface area (Å²) < 4.78 is 5.29. The number of rotatable bonds is 3. The van der Waals surface area contributed by atoms with Crippen molar-refractivity contribution in [1.82, 2.24) is 5.32 Å². The van der Waals surface area contributed by atoms with E-state index in [0.29, 0.717) is 10.7 Å². The van der Waals surface area contributed by atoms with E-state index in [4.69, 9.17) is 16.3 Å². The predicted molar refractivity (Wildman–Crippen MR) is 81.3 cm³/mol. The Morgan fingerprint density at radius 3 is 2.50 bits per heavy atom. The van der Waals surface area contributed by atoms with Gasteiger partial charge in [0.05, 0.1) is 5.69 Å². The van der Waals surface area contributed by atoms with Gasteiger partial charge in [-0.15, -0.1) is 0 Å². The number of hydrogen-bond acceptors (Lipinski definition) is 3. The van der Waals surface area contributed by atoms with Crippen LogP contribution in [0.25, 0.3) is 0 Å². The molecule has 1 saturated carbocycles. The van der Waals surface area contributed by atoms with E-state index in [1.54, 1.807) is 6.07 Å². The topological polar surface area (TPSA) is 50.4 Å². The molecule has 4 nitrogen and oxygen atoms in total. The van der Waals surface area contributed by atoms with Crippen molar-refractivity contribution in [3.8, 4) is 0 Å². The van der Waals surface area contributed by atoms with Gasteiger partial charge in [-0.3, -0.25) is 5.32 Å². The zero-order valence-electron chi connectivity index (χ0n) is 12.3. The van der Waals surface area contributed by atoms with Crippen molar-refractivity contribution in [2.45, 2.75) is 44.8 Å². The molecule has 0 bridgehead atoms. The molecule has 2 N–H and O–H groups in total. The molecular formula is C15H21ClN2O2. The molecule has 1 fully saturated rings. The second kappa shape index (κ2) is 5.26. The zero-order chi connectivity index (χ0) is 15.0. The fraction of sp³-hybridized carbons (Fsp3) is 0.533. The summed E-state index contributed by atoms with van der Waals surface area (Å²) in [5.41, 5.74) is 1.19. The number of nitrogens with one attached hydrogen (secondary N) is 2. The Morgan fingerprint density at radius 2 is 2.00 bits per heavy atom. The number of benzene rings is 1. The first kappa shape index (κ1) is 15.1. The molecule has 1 aromatic carbocycles. The Kier molecular flexibility index (Phi) is 3.98. The van der Waals surface area contributed by atoms with Crippen molar-refractivity contribution >= 4 is 23.4 Å². The minimum Gasteiger partial charge on any atom is -0.444 e. The summed E-state index contributed by atoms with van der Waals surface area (Å²) in [7, 11) is 1.93. The lowest BCUT2D eigenvalue weighted by Gasteiger charge is -2.23. The molecule has 0 unspecified atom stereocenters. The van der Waals surface area contributed by atoms with Crippen LogP contribution in [0.2, 0.25) is 5.02 Å². The van der Waals surface area contributed by atoms with Gasteiger partial charge in [0.2, 0.25) is 0 Å². The molecule has 0 spiro atoms. The molecule has 1 aromatic rings. The monoisotopic (exact) mass is 296 g/mol. The molecule has 2 rings (SSSR count). The molecule has 0 heterocycles. The maximum absolute atomic E-state index is 11.9. The third-order valence-corrected chi connectivity index (χ3v) is 3.60. The molecule has 0 radical (unpaired) electrons. The SMILES string of the molecule is CNC1(c2ccc(Cl)cc2NC(=O)OC(C)(C)C)CC1. The maximum atomic E-state index is 11.9. The third kappa shape index (κ3) is 3.44. The van der Waals surface area contributed by atoms with E-state index in [9.17, 15) is 4.79 Å². The van der Waals surface area contributed by atoms with E-state index in [2.05, 4.69) is 10.6 Å². The van der Waals surface area contributed by atoms with Crippen molar-refractivity contribution in [2.24, 2.45) is 0 Å². The molecule has 110 valence electrons. The van der Waals surface area contributed by atoms with Gasteiger partial charge in [-0.05, 0) is 58.4 Å². The van der Waals surface area contributed by atoms with Gasteiger partial charge in [0.15, 0.2) is 0 Å². The summed E-state index contributed by atoms with van der Waals surface area (Å²) in [6.45, 7) is 5.50. The predicted octanol–water partition coefficient (Wildman–Crippen LogP) is 3.90. The standard InChI is InChI=1S/C15H21ClN2O2/c1-14(2,3)20-13(19)18-12-9-10(16)5-6-11(12)15(17-4)7-8-15/h5-6,9,17H,7-8H2,1-4H3,(H,18,19). The molecule has 0 saturated heterocycles. The second-order valence-corrected chi connectivity index (χ2v) is 6.59. The lowest BCUT2D eigenvalue weighted by atomic mass is 10.0. The largest absolute Gasteiger partial charge is 0.444 e. The first-order chi connectivity index (χ1) is 9.26. The summed E-state index contributed by atoms with van der Waals surface area (Å²) in [5.74, 6) is 0. The van der Waals surface area contributed by atoms with E-state index < -0.39 is 11.7 Å². The van der Waals surface area contributed by atoms with E-state index >= 15 is 0 Å². The van der Waals surface area contributed by atoms with E-state index in [-0.39, 0.29) is 5.54 Å². The number of ether oxygens (including phenoxy) is 1. The van der Waals surface area contributed by atoms with Gasteiger partial charge in [0, 0.05) is 10.6 Å². The van der Waals surface area contributed by atoms with Crippen LogP contribution in [0.4, 0.5) is 10.5 Å². The van der Waals surface area contributed by atoms with E-state index in [1.807, 2.05) is 40.0 Å². The number of halogens is 1. The van der Waals surface area contributed by atoms with Crippen LogP contribution in [0, 0.1) is 0 Å². The number of hydrogen-bond donors (Lipinski definition) is 2. The average Bonchev–Trinajstić information content (AvgIpc) is 3.07. The summed E-state index contributed by atoms with van der Waals surface area (Å²) in [6, 6.07) is 5.56. The highest BCUT2D eigenvalue weighted by molar-refractivity contribution is 6.31. The minimum atomic E-state index is -0.525. The van der Waals surface area contributed by atoms with Gasteiger partial charge < -0.3 is 10.1 Å². The Hall–Kier alpha value is -1.26. The van der Waals surface area contributed by atoms with Crippen LogP contribution in [0.1, 0.15) is 39.2 Å². The third-order valence-electron chi connectivity index (χ3n) is 3.36. The molecule has 0 aliphatic heterocycles.